The van der Waals surface area contributed by atoms with Crippen LogP contribution in [0.4, 0.5) is 13.2 Å². The summed E-state index contributed by atoms with van der Waals surface area (Å²) < 4.78 is 41.0. The first-order valence-corrected chi connectivity index (χ1v) is 5.48. The fourth-order valence-corrected chi connectivity index (χ4v) is 1.21. The van der Waals surface area contributed by atoms with Crippen molar-refractivity contribution in [1.29, 1.82) is 5.26 Å². The number of hydrogen-bond donors (Lipinski definition) is 2. The number of aliphatic hydroxyl groups excluding tert-OH is 1. The maximum absolute atomic E-state index is 12.0. The monoisotopic (exact) mass is 288 g/mol. The van der Waals surface area contributed by atoms with E-state index in [9.17, 15) is 18.0 Å². The summed E-state index contributed by atoms with van der Waals surface area (Å²) in [4.78, 5) is 11.2. The van der Waals surface area contributed by atoms with Crippen molar-refractivity contribution in [2.75, 3.05) is 13.2 Å². The molecule has 1 amide bonds. The third-order valence-electron chi connectivity index (χ3n) is 2.24. The lowest BCUT2D eigenvalue weighted by Crippen LogP contribution is -2.42. The Hall–Kier alpha value is -2.27. The first-order valence-electron chi connectivity index (χ1n) is 5.48. The van der Waals surface area contributed by atoms with Crippen LogP contribution in [-0.2, 0) is 4.79 Å². The zero-order chi connectivity index (χ0) is 15.2. The lowest BCUT2D eigenvalue weighted by molar-refractivity contribution is -0.201. The average Bonchev–Trinajstić information content (AvgIpc) is 2.41. The first-order chi connectivity index (χ1) is 9.34. The summed E-state index contributed by atoms with van der Waals surface area (Å²) >= 11 is 0. The van der Waals surface area contributed by atoms with E-state index < -0.39 is 31.3 Å². The van der Waals surface area contributed by atoms with E-state index >= 15 is 0 Å². The molecule has 8 heteroatoms. The number of halogens is 3. The highest BCUT2D eigenvalue weighted by Gasteiger charge is 2.38. The Balaban J connectivity index is 2.43. The number of nitrogens with zero attached hydrogens (tertiary/aromatic N) is 1. The van der Waals surface area contributed by atoms with Gasteiger partial charge in [-0.3, -0.25) is 4.79 Å². The largest absolute Gasteiger partial charge is 0.482 e. The number of ether oxygens (including phenoxy) is 1. The first kappa shape index (κ1) is 15.8. The highest BCUT2D eigenvalue weighted by molar-refractivity contribution is 5.77. The minimum atomic E-state index is -4.79. The minimum absolute atomic E-state index is 0.154. The summed E-state index contributed by atoms with van der Waals surface area (Å²) in [6.07, 6.45) is -7.42. The molecular weight excluding hydrogens is 277 g/mol. The molecule has 1 rings (SSSR count). The van der Waals surface area contributed by atoms with E-state index in [0.29, 0.717) is 0 Å². The topological polar surface area (TPSA) is 82.3 Å². The number of alkyl halides is 3. The van der Waals surface area contributed by atoms with Crippen LogP contribution in [0, 0.1) is 11.3 Å². The predicted octanol–water partition coefficient (Wildman–Crippen LogP) is 0.976. The number of carbonyl (C=O) groups is 1. The van der Waals surface area contributed by atoms with Gasteiger partial charge in [-0.1, -0.05) is 12.1 Å². The van der Waals surface area contributed by atoms with E-state index in [1.807, 2.05) is 11.4 Å². The Morgan fingerprint density at radius 1 is 1.45 bits per heavy atom. The Morgan fingerprint density at radius 2 is 2.10 bits per heavy atom. The smallest absolute Gasteiger partial charge is 0.416 e. The number of nitrogens with one attached hydrogen (secondary N) is 1. The number of amides is 1. The molecule has 1 atom stereocenters. The van der Waals surface area contributed by atoms with Gasteiger partial charge < -0.3 is 15.2 Å². The fraction of sp³-hybridized carbons (Fsp3) is 0.333. The summed E-state index contributed by atoms with van der Waals surface area (Å²) in [7, 11) is 0. The maximum Gasteiger partial charge on any atom is 0.416 e. The molecule has 108 valence electrons. The van der Waals surface area contributed by atoms with Gasteiger partial charge in [-0.2, -0.15) is 18.4 Å². The van der Waals surface area contributed by atoms with Crippen molar-refractivity contribution >= 4 is 5.91 Å². The molecule has 0 aliphatic rings. The normalized spacial score (nSPS) is 12.3. The summed E-state index contributed by atoms with van der Waals surface area (Å²) in [5.74, 6) is -0.678. The van der Waals surface area contributed by atoms with Crippen LogP contribution in [0.3, 0.4) is 0 Å². The van der Waals surface area contributed by atoms with Gasteiger partial charge in [0.15, 0.2) is 12.7 Å². The number of carbonyl (C=O) groups excluding carboxylic acids is 1. The lowest BCUT2D eigenvalue weighted by atomic mass is 10.2. The molecule has 0 saturated carbocycles. The predicted molar refractivity (Wildman–Crippen MR) is 61.7 cm³/mol. The molecule has 0 fully saturated rings. The van der Waals surface area contributed by atoms with Gasteiger partial charge in [0.25, 0.3) is 5.91 Å². The van der Waals surface area contributed by atoms with Crippen molar-refractivity contribution in [2.24, 2.45) is 0 Å². The van der Waals surface area contributed by atoms with Crippen molar-refractivity contribution in [3.63, 3.8) is 0 Å². The van der Waals surface area contributed by atoms with Gasteiger partial charge in [0, 0.05) is 0 Å². The maximum atomic E-state index is 12.0. The summed E-state index contributed by atoms with van der Waals surface area (Å²) in [5.41, 5.74) is 0.204. The van der Waals surface area contributed by atoms with E-state index in [1.54, 1.807) is 12.1 Å². The van der Waals surface area contributed by atoms with E-state index in [0.717, 1.165) is 0 Å². The van der Waals surface area contributed by atoms with Crippen LogP contribution in [0.15, 0.2) is 24.3 Å². The molecule has 2 N–H and O–H groups in total. The zero-order valence-electron chi connectivity index (χ0n) is 10.1. The summed E-state index contributed by atoms with van der Waals surface area (Å²) in [6, 6.07) is 7.96. The van der Waals surface area contributed by atoms with Crippen LogP contribution in [-0.4, -0.2) is 36.4 Å². The van der Waals surface area contributed by atoms with Crippen LogP contribution < -0.4 is 10.1 Å². The number of nitriles is 1. The lowest BCUT2D eigenvalue weighted by Gasteiger charge is -2.15. The van der Waals surface area contributed by atoms with Crippen molar-refractivity contribution in [2.45, 2.75) is 12.3 Å². The Morgan fingerprint density at radius 3 is 2.70 bits per heavy atom. The molecular formula is C12H11F3N2O3. The molecule has 1 aromatic rings. The quantitative estimate of drug-likeness (QED) is 0.846. The van der Waals surface area contributed by atoms with Crippen LogP contribution in [0.2, 0.25) is 0 Å². The van der Waals surface area contributed by atoms with Gasteiger partial charge in [-0.25, -0.2) is 0 Å². The SMILES string of the molecule is N#Cc1ccccc1OCC(=O)NCC(O)C(F)(F)F. The van der Waals surface area contributed by atoms with Gasteiger partial charge >= 0.3 is 6.18 Å². The van der Waals surface area contributed by atoms with Crippen LogP contribution in [0.5, 0.6) is 5.75 Å². The number of rotatable bonds is 5. The number of benzene rings is 1. The van der Waals surface area contributed by atoms with Crippen LogP contribution in [0.1, 0.15) is 5.56 Å². The standard InChI is InChI=1S/C12H11F3N2O3/c13-12(14,15)10(18)6-17-11(19)7-20-9-4-2-1-3-8(9)5-16/h1-4,10,18H,6-7H2,(H,17,19). The second-order valence-corrected chi connectivity index (χ2v) is 3.76. The second kappa shape index (κ2) is 6.77. The van der Waals surface area contributed by atoms with Crippen molar-refractivity contribution in [3.05, 3.63) is 29.8 Å². The number of hydrogen-bond acceptors (Lipinski definition) is 4. The zero-order valence-corrected chi connectivity index (χ0v) is 10.1. The van der Waals surface area contributed by atoms with Crippen molar-refractivity contribution < 1.29 is 27.8 Å². The Kier molecular flexibility index (Phi) is 5.34. The fourth-order valence-electron chi connectivity index (χ4n) is 1.21. The van der Waals surface area contributed by atoms with E-state index in [2.05, 4.69) is 0 Å². The average molecular weight is 288 g/mol. The molecule has 0 radical (unpaired) electrons. The highest BCUT2D eigenvalue weighted by Crippen LogP contribution is 2.19. The molecule has 0 spiro atoms. The van der Waals surface area contributed by atoms with Gasteiger partial charge in [0.2, 0.25) is 0 Å². The molecule has 0 aliphatic carbocycles. The minimum Gasteiger partial charge on any atom is -0.482 e. The van der Waals surface area contributed by atoms with Crippen molar-refractivity contribution in [3.8, 4) is 11.8 Å². The molecule has 20 heavy (non-hydrogen) atoms. The van der Waals surface area contributed by atoms with E-state index in [4.69, 9.17) is 15.1 Å². The molecule has 0 aromatic heterocycles. The van der Waals surface area contributed by atoms with Crippen LogP contribution in [0.25, 0.3) is 0 Å². The molecule has 1 unspecified atom stereocenters. The van der Waals surface area contributed by atoms with Gasteiger partial charge in [0.05, 0.1) is 12.1 Å². The molecule has 1 aromatic carbocycles. The number of para-hydroxylation sites is 1. The van der Waals surface area contributed by atoms with Gasteiger partial charge in [-0.15, -0.1) is 0 Å². The second-order valence-electron chi connectivity index (χ2n) is 3.76. The van der Waals surface area contributed by atoms with Gasteiger partial charge in [-0.05, 0) is 12.1 Å². The Labute approximate surface area is 112 Å². The molecule has 5 nitrogen and oxygen atoms in total. The molecule has 0 bridgehead atoms. The highest BCUT2D eigenvalue weighted by atomic mass is 19.4. The van der Waals surface area contributed by atoms with E-state index in [-0.39, 0.29) is 11.3 Å². The number of aliphatic hydroxyl groups is 1. The van der Waals surface area contributed by atoms with Crippen molar-refractivity contribution in [1.82, 2.24) is 5.32 Å². The Bertz CT molecular complexity index is 511. The molecule has 0 saturated heterocycles. The molecule has 0 aliphatic heterocycles. The van der Waals surface area contributed by atoms with Gasteiger partial charge in [0.1, 0.15) is 11.8 Å². The molecule has 0 heterocycles. The third kappa shape index (κ3) is 4.78. The summed E-state index contributed by atoms with van der Waals surface area (Å²) in [6.45, 7) is -1.51. The van der Waals surface area contributed by atoms with Crippen LogP contribution >= 0.6 is 0 Å². The van der Waals surface area contributed by atoms with E-state index in [1.165, 1.54) is 12.1 Å². The third-order valence-corrected chi connectivity index (χ3v) is 2.24. The summed E-state index contributed by atoms with van der Waals surface area (Å²) in [5, 5.41) is 19.3.